The maximum atomic E-state index is 13.9. The Morgan fingerprint density at radius 3 is 2.71 bits per heavy atom. The minimum atomic E-state index is -0.491. The van der Waals surface area contributed by atoms with E-state index in [-0.39, 0.29) is 47.3 Å². The van der Waals surface area contributed by atoms with Crippen LogP contribution >= 0.6 is 0 Å². The Balaban J connectivity index is 1.57. The molecule has 204 valence electrons. The van der Waals surface area contributed by atoms with Gasteiger partial charge in [0.2, 0.25) is 11.8 Å². The fourth-order valence-corrected chi connectivity index (χ4v) is 6.60. The van der Waals surface area contributed by atoms with E-state index in [2.05, 4.69) is 17.3 Å². The average Bonchev–Trinajstić information content (AvgIpc) is 3.30. The third-order valence-electron chi connectivity index (χ3n) is 8.74. The minimum Gasteiger partial charge on any atom is -0.497 e. The Kier molecular flexibility index (Phi) is 7.05. The van der Waals surface area contributed by atoms with Crippen LogP contribution in [0.2, 0.25) is 0 Å². The van der Waals surface area contributed by atoms with Crippen LogP contribution in [0.1, 0.15) is 81.8 Å². The third kappa shape index (κ3) is 4.71. The Morgan fingerprint density at radius 2 is 2.00 bits per heavy atom. The van der Waals surface area contributed by atoms with Crippen LogP contribution in [0, 0.1) is 11.3 Å². The molecule has 0 radical (unpaired) electrons. The summed E-state index contributed by atoms with van der Waals surface area (Å²) in [6, 6.07) is 3.22. The van der Waals surface area contributed by atoms with Crippen molar-refractivity contribution in [2.45, 2.75) is 90.8 Å². The van der Waals surface area contributed by atoms with E-state index < -0.39 is 6.04 Å². The summed E-state index contributed by atoms with van der Waals surface area (Å²) < 4.78 is 7.20. The number of nitrogens with one attached hydrogen (secondary N) is 1. The summed E-state index contributed by atoms with van der Waals surface area (Å²) in [6.07, 6.45) is 5.70. The van der Waals surface area contributed by atoms with Gasteiger partial charge in [-0.3, -0.25) is 23.9 Å². The summed E-state index contributed by atoms with van der Waals surface area (Å²) in [5.41, 5.74) is 1.83. The number of aryl methyl sites for hydroxylation is 1. The second-order valence-corrected chi connectivity index (χ2v) is 11.5. The Bertz CT molecular complexity index is 1300. The topological polar surface area (TPSA) is 111 Å². The highest BCUT2D eigenvalue weighted by atomic mass is 16.5. The second-order valence-electron chi connectivity index (χ2n) is 11.5. The fraction of sp³-hybridized carbons (Fsp3) is 0.621. The normalized spacial score (nSPS) is 28.0. The number of amides is 2. The van der Waals surface area contributed by atoms with Gasteiger partial charge in [-0.2, -0.15) is 5.10 Å². The molecule has 2 bridgehead atoms. The number of rotatable bonds is 4. The van der Waals surface area contributed by atoms with Crippen molar-refractivity contribution in [2.75, 3.05) is 13.7 Å². The molecule has 1 aromatic carbocycles. The lowest BCUT2D eigenvalue weighted by Gasteiger charge is -2.26. The van der Waals surface area contributed by atoms with Crippen LogP contribution in [0.5, 0.6) is 5.75 Å². The summed E-state index contributed by atoms with van der Waals surface area (Å²) in [7, 11) is 1.60. The minimum absolute atomic E-state index is 0.0383. The first-order valence-electron chi connectivity index (χ1n) is 13.9. The summed E-state index contributed by atoms with van der Waals surface area (Å²) in [5.74, 6) is 0.637. The van der Waals surface area contributed by atoms with Gasteiger partial charge in [0.05, 0.1) is 18.7 Å². The van der Waals surface area contributed by atoms with Gasteiger partial charge in [-0.05, 0) is 49.3 Å². The standard InChI is InChI=1S/C29H38N4O5/c1-5-23(35)22-13-29-14-24(29)33(22)26(37)15-32-28-19(9-7-6-8-17(2)10-25(36)30-16-29)11-20(38-4)12-21(28)27(31-32)18(3)34/h11-12,17,22,24H,5-10,13-16H2,1-4H3,(H,30,36)/t17-,22-,24+,29-/m0/s1. The fourth-order valence-electron chi connectivity index (χ4n) is 6.60. The van der Waals surface area contributed by atoms with E-state index in [0.717, 1.165) is 43.2 Å². The zero-order chi connectivity index (χ0) is 27.2. The highest BCUT2D eigenvalue weighted by Crippen LogP contribution is 2.59. The molecule has 38 heavy (non-hydrogen) atoms. The number of Topliss-reactive ketones (excluding diaryl/α,β-unsaturated/α-hetero) is 2. The third-order valence-corrected chi connectivity index (χ3v) is 8.74. The lowest BCUT2D eigenvalue weighted by Crippen LogP contribution is -2.44. The molecule has 2 fully saturated rings. The smallest absolute Gasteiger partial charge is 0.245 e. The van der Waals surface area contributed by atoms with Crippen molar-refractivity contribution in [3.63, 3.8) is 0 Å². The van der Waals surface area contributed by atoms with Gasteiger partial charge < -0.3 is 15.0 Å². The molecule has 9 heteroatoms. The second kappa shape index (κ2) is 10.2. The molecule has 1 saturated carbocycles. The van der Waals surface area contributed by atoms with Gasteiger partial charge in [0, 0.05) is 43.2 Å². The zero-order valence-electron chi connectivity index (χ0n) is 22.8. The van der Waals surface area contributed by atoms with Crippen molar-refractivity contribution in [3.05, 3.63) is 23.4 Å². The quantitative estimate of drug-likeness (QED) is 0.616. The van der Waals surface area contributed by atoms with Crippen molar-refractivity contribution in [3.8, 4) is 5.75 Å². The van der Waals surface area contributed by atoms with Gasteiger partial charge in [0.15, 0.2) is 11.6 Å². The van der Waals surface area contributed by atoms with Crippen LogP contribution in [0.15, 0.2) is 12.1 Å². The van der Waals surface area contributed by atoms with Crippen molar-refractivity contribution >= 4 is 34.3 Å². The van der Waals surface area contributed by atoms with Crippen LogP contribution in [0.25, 0.3) is 10.9 Å². The lowest BCUT2D eigenvalue weighted by atomic mass is 9.95. The highest BCUT2D eigenvalue weighted by Gasteiger charge is 2.66. The van der Waals surface area contributed by atoms with Gasteiger partial charge in [0.25, 0.3) is 0 Å². The first kappa shape index (κ1) is 26.4. The number of hydrogen-bond acceptors (Lipinski definition) is 6. The summed E-state index contributed by atoms with van der Waals surface area (Å²) in [6.45, 7) is 5.85. The predicted molar refractivity (Wildman–Crippen MR) is 142 cm³/mol. The lowest BCUT2D eigenvalue weighted by molar-refractivity contribution is -0.139. The van der Waals surface area contributed by atoms with Gasteiger partial charge in [-0.15, -0.1) is 0 Å². The van der Waals surface area contributed by atoms with E-state index in [1.807, 2.05) is 19.1 Å². The molecule has 0 spiro atoms. The molecule has 1 saturated heterocycles. The average molecular weight is 523 g/mol. The monoisotopic (exact) mass is 522 g/mol. The Labute approximate surface area is 223 Å². The molecule has 2 aromatic rings. The van der Waals surface area contributed by atoms with E-state index >= 15 is 0 Å². The maximum absolute atomic E-state index is 13.9. The van der Waals surface area contributed by atoms with Crippen molar-refractivity contribution < 1.29 is 23.9 Å². The van der Waals surface area contributed by atoms with Crippen LogP contribution in [-0.2, 0) is 27.3 Å². The molecule has 1 aliphatic carbocycles. The van der Waals surface area contributed by atoms with E-state index in [1.54, 1.807) is 16.7 Å². The molecule has 5 rings (SSSR count). The van der Waals surface area contributed by atoms with Gasteiger partial charge in [-0.25, -0.2) is 0 Å². The summed E-state index contributed by atoms with van der Waals surface area (Å²) in [4.78, 5) is 53.8. The van der Waals surface area contributed by atoms with E-state index in [9.17, 15) is 19.2 Å². The Hall–Kier alpha value is -3.23. The molecule has 1 N–H and O–H groups in total. The SMILES string of the molecule is CCC(=O)[C@@H]1C[C@]23CNC(=O)C[C@@H](C)CCCCc4cc(OC)cc5c(C(C)=O)nn(c45)CC(=O)N1[C@@H]2C3. The van der Waals surface area contributed by atoms with E-state index in [1.165, 1.54) is 6.92 Å². The van der Waals surface area contributed by atoms with Crippen molar-refractivity contribution in [2.24, 2.45) is 11.3 Å². The number of hydrogen-bond donors (Lipinski definition) is 1. The number of carbonyl (C=O) groups is 4. The molecule has 0 unspecified atom stereocenters. The highest BCUT2D eigenvalue weighted by molar-refractivity contribution is 6.06. The number of benzene rings is 1. The maximum Gasteiger partial charge on any atom is 0.245 e. The number of ketones is 2. The number of piperidine rings is 1. The first-order valence-corrected chi connectivity index (χ1v) is 13.9. The van der Waals surface area contributed by atoms with Crippen LogP contribution in [-0.4, -0.2) is 63.8 Å². The zero-order valence-corrected chi connectivity index (χ0v) is 22.8. The van der Waals surface area contributed by atoms with Gasteiger partial charge in [-0.1, -0.05) is 26.7 Å². The molecule has 2 amide bonds. The molecular formula is C29H38N4O5. The molecule has 4 atom stereocenters. The van der Waals surface area contributed by atoms with Crippen molar-refractivity contribution in [1.82, 2.24) is 20.0 Å². The molecule has 1 aromatic heterocycles. The van der Waals surface area contributed by atoms with Crippen LogP contribution in [0.3, 0.4) is 0 Å². The largest absolute Gasteiger partial charge is 0.497 e. The number of aromatic nitrogens is 2. The number of carbonyl (C=O) groups excluding carboxylic acids is 4. The first-order chi connectivity index (χ1) is 18.2. The predicted octanol–water partition coefficient (Wildman–Crippen LogP) is 3.46. The van der Waals surface area contributed by atoms with Crippen LogP contribution < -0.4 is 10.1 Å². The molecule has 3 heterocycles. The van der Waals surface area contributed by atoms with Crippen LogP contribution in [0.4, 0.5) is 0 Å². The summed E-state index contributed by atoms with van der Waals surface area (Å²) >= 11 is 0. The summed E-state index contributed by atoms with van der Waals surface area (Å²) in [5, 5.41) is 8.41. The van der Waals surface area contributed by atoms with Gasteiger partial charge >= 0.3 is 0 Å². The molecule has 3 aliphatic rings. The van der Waals surface area contributed by atoms with E-state index in [4.69, 9.17) is 4.74 Å². The van der Waals surface area contributed by atoms with Gasteiger partial charge in [0.1, 0.15) is 18.0 Å². The Morgan fingerprint density at radius 1 is 1.21 bits per heavy atom. The number of methoxy groups -OCH3 is 1. The number of nitrogens with zero attached hydrogens (tertiary/aromatic N) is 3. The van der Waals surface area contributed by atoms with Crippen molar-refractivity contribution in [1.29, 1.82) is 0 Å². The number of ether oxygens (including phenoxy) is 1. The molecule has 2 aliphatic heterocycles. The molecule has 9 nitrogen and oxygen atoms in total. The molecular weight excluding hydrogens is 484 g/mol. The van der Waals surface area contributed by atoms with E-state index in [0.29, 0.717) is 42.6 Å².